The molecule has 0 amide bonds. The van der Waals surface area contributed by atoms with Crippen LogP contribution in [-0.2, 0) is 27.9 Å². The molecule has 0 aliphatic carbocycles. The van der Waals surface area contributed by atoms with Crippen molar-refractivity contribution < 1.29 is 39.1 Å². The summed E-state index contributed by atoms with van der Waals surface area (Å²) in [5, 5.41) is 40.0. The number of thioether (sulfide) groups is 1. The summed E-state index contributed by atoms with van der Waals surface area (Å²) in [6.45, 7) is 10.9. The lowest BCUT2D eigenvalue weighted by molar-refractivity contribution is -0.181. The van der Waals surface area contributed by atoms with Gasteiger partial charge in [0.1, 0.15) is 12.8 Å². The van der Waals surface area contributed by atoms with E-state index in [4.69, 9.17) is 18.9 Å². The van der Waals surface area contributed by atoms with Gasteiger partial charge in [-0.05, 0) is 100 Å². The molecule has 292 valence electrons. The van der Waals surface area contributed by atoms with Crippen LogP contribution in [0.1, 0.15) is 80.0 Å². The predicted molar refractivity (Wildman–Crippen MR) is 209 cm³/mol. The van der Waals surface area contributed by atoms with Crippen LogP contribution in [0.25, 0.3) is 10.9 Å². The SMILES string of the molecule is COc1c(C)cc2c(c1O)[C@@H]1[C@@H]3[C@H](SC[C@@]4(C)N[C@@H](CO)Cc5c4[nH]c4ccc(C)cc54)c4c(C)c(C)c5c(c4[C@H](COC=O)N3[C@@H](O)[C@H](C2)N1C)OCO5. The number of aliphatic hydroxyl groups excluding tert-OH is 2. The Kier molecular flexibility index (Phi) is 8.87. The van der Waals surface area contributed by atoms with Gasteiger partial charge in [0.15, 0.2) is 23.0 Å². The number of aromatic hydroxyl groups is 1. The van der Waals surface area contributed by atoms with Crippen molar-refractivity contribution in [1.29, 1.82) is 0 Å². The van der Waals surface area contributed by atoms with Gasteiger partial charge in [-0.25, -0.2) is 0 Å². The highest BCUT2D eigenvalue weighted by Gasteiger charge is 2.59. The highest BCUT2D eigenvalue weighted by atomic mass is 32.2. The molecule has 13 heteroatoms. The Labute approximate surface area is 325 Å². The van der Waals surface area contributed by atoms with Crippen LogP contribution in [0.3, 0.4) is 0 Å². The number of rotatable bonds is 8. The maximum Gasteiger partial charge on any atom is 0.293 e. The van der Waals surface area contributed by atoms with E-state index in [0.717, 1.165) is 50.2 Å². The zero-order chi connectivity index (χ0) is 38.7. The van der Waals surface area contributed by atoms with E-state index in [1.165, 1.54) is 16.5 Å². The summed E-state index contributed by atoms with van der Waals surface area (Å²) in [6, 6.07) is 6.77. The number of carbonyl (C=O) groups is 1. The second-order valence-corrected chi connectivity index (χ2v) is 17.4. The van der Waals surface area contributed by atoms with Crippen LogP contribution < -0.4 is 19.5 Å². The van der Waals surface area contributed by atoms with Crippen molar-refractivity contribution in [3.05, 3.63) is 80.0 Å². The average molecular weight is 771 g/mol. The van der Waals surface area contributed by atoms with Crippen molar-refractivity contribution >= 4 is 29.1 Å². The number of phenolic OH excluding ortho intramolecular Hbond substituents is 1. The van der Waals surface area contributed by atoms with Gasteiger partial charge >= 0.3 is 0 Å². The van der Waals surface area contributed by atoms with Gasteiger partial charge in [-0.3, -0.25) is 14.6 Å². The van der Waals surface area contributed by atoms with Crippen molar-refractivity contribution in [3.8, 4) is 23.0 Å². The molecule has 8 atom stereocenters. The molecule has 1 aromatic heterocycles. The summed E-state index contributed by atoms with van der Waals surface area (Å²) in [7, 11) is 3.61. The number of carbonyl (C=O) groups excluding carboxylic acids is 1. The molecule has 0 spiro atoms. The van der Waals surface area contributed by atoms with Gasteiger partial charge in [-0.15, -0.1) is 11.8 Å². The van der Waals surface area contributed by atoms with E-state index in [1.54, 1.807) is 18.9 Å². The van der Waals surface area contributed by atoms with Crippen molar-refractivity contribution in [2.24, 2.45) is 0 Å². The molecule has 5 aliphatic heterocycles. The van der Waals surface area contributed by atoms with Crippen molar-refractivity contribution in [2.75, 3.05) is 39.9 Å². The van der Waals surface area contributed by atoms with Crippen LogP contribution in [0.5, 0.6) is 23.0 Å². The van der Waals surface area contributed by atoms with Crippen molar-refractivity contribution in [3.63, 3.8) is 0 Å². The van der Waals surface area contributed by atoms with Gasteiger partial charge in [0.2, 0.25) is 6.79 Å². The normalized spacial score (nSPS) is 29.4. The maximum absolute atomic E-state index is 12.6. The lowest BCUT2D eigenvalue weighted by atomic mass is 9.72. The molecule has 2 bridgehead atoms. The second-order valence-electron chi connectivity index (χ2n) is 16.3. The minimum atomic E-state index is -0.953. The molecule has 4 aromatic rings. The van der Waals surface area contributed by atoms with Gasteiger partial charge in [0.05, 0.1) is 37.4 Å². The summed E-state index contributed by atoms with van der Waals surface area (Å²) >= 11 is 1.79. The Morgan fingerprint density at radius 2 is 1.85 bits per heavy atom. The Balaban J connectivity index is 1.26. The lowest BCUT2D eigenvalue weighted by Gasteiger charge is -2.62. The molecule has 5 N–H and O–H groups in total. The van der Waals surface area contributed by atoms with Crippen LogP contribution in [0.4, 0.5) is 0 Å². The standard InChI is InChI=1S/C42H50N4O8S/c1-19-8-9-27-25(10-19)26-13-24(14-47)44-42(5,40(26)43-27)16-55-39-30-21(3)22(4)37-38(54-18-53-37)32(30)29(15-52-17-48)46-34(39)33-31-23(12-28(41(46)50)45(33)6)11-20(2)36(51-7)35(31)49/h8-11,17,24,28-29,33-34,39,41,43-44,47,49-50H,12-16,18H2,1-7H3/t24-,28+,29+,33-,34-,39-,41+,42-/m1/s1. The molecule has 6 heterocycles. The summed E-state index contributed by atoms with van der Waals surface area (Å²) in [4.78, 5) is 20.0. The summed E-state index contributed by atoms with van der Waals surface area (Å²) < 4.78 is 23.7. The average Bonchev–Trinajstić information content (AvgIpc) is 3.80. The number of nitrogens with one attached hydrogen (secondary N) is 2. The third-order valence-electron chi connectivity index (χ3n) is 13.2. The second kappa shape index (κ2) is 13.3. The van der Waals surface area contributed by atoms with Gasteiger partial charge in [-0.1, -0.05) is 17.7 Å². The highest BCUT2D eigenvalue weighted by Crippen LogP contribution is 2.62. The molecular weight excluding hydrogens is 721 g/mol. The number of ether oxygens (including phenoxy) is 4. The maximum atomic E-state index is 12.6. The van der Waals surface area contributed by atoms with Crippen molar-refractivity contribution in [1.82, 2.24) is 20.1 Å². The number of methoxy groups -OCH3 is 1. The topological polar surface area (TPSA) is 149 Å². The number of likely N-dealkylation sites (N-methyl/N-ethyl adjacent to an activating group) is 1. The van der Waals surface area contributed by atoms with Gasteiger partial charge < -0.3 is 44.6 Å². The summed E-state index contributed by atoms with van der Waals surface area (Å²) in [5.41, 5.74) is 10.6. The fraction of sp³-hybridized carbons (Fsp3) is 0.500. The number of benzene rings is 3. The minimum absolute atomic E-state index is 0.00119. The van der Waals surface area contributed by atoms with E-state index in [2.05, 4.69) is 72.1 Å². The molecule has 0 radical (unpaired) electrons. The number of aromatic amines is 1. The summed E-state index contributed by atoms with van der Waals surface area (Å²) in [5.74, 6) is 2.45. The predicted octanol–water partition coefficient (Wildman–Crippen LogP) is 4.87. The van der Waals surface area contributed by atoms with Crippen LogP contribution in [-0.4, -0.2) is 101 Å². The first-order valence-corrected chi connectivity index (χ1v) is 20.1. The smallest absolute Gasteiger partial charge is 0.293 e. The molecule has 0 saturated carbocycles. The first-order valence-electron chi connectivity index (χ1n) is 19.1. The van der Waals surface area contributed by atoms with E-state index >= 15 is 0 Å². The van der Waals surface area contributed by atoms with Gasteiger partial charge in [0, 0.05) is 50.8 Å². The molecule has 55 heavy (non-hydrogen) atoms. The minimum Gasteiger partial charge on any atom is -0.504 e. The first kappa shape index (κ1) is 36.6. The van der Waals surface area contributed by atoms with Crippen LogP contribution in [0, 0.1) is 27.7 Å². The number of aryl methyl sites for hydroxylation is 2. The van der Waals surface area contributed by atoms with Crippen LogP contribution in [0.15, 0.2) is 24.3 Å². The molecule has 5 aliphatic rings. The first-order chi connectivity index (χ1) is 26.4. The Hall–Kier alpha value is -3.98. The Morgan fingerprint density at radius 1 is 1.07 bits per heavy atom. The molecule has 3 aromatic carbocycles. The number of piperazine rings is 1. The highest BCUT2D eigenvalue weighted by molar-refractivity contribution is 7.99. The van der Waals surface area contributed by atoms with E-state index in [-0.39, 0.29) is 49.1 Å². The lowest BCUT2D eigenvalue weighted by Crippen LogP contribution is -2.69. The van der Waals surface area contributed by atoms with Gasteiger partial charge in [0.25, 0.3) is 6.47 Å². The quantitative estimate of drug-likeness (QED) is 0.156. The molecule has 0 unspecified atom stereocenters. The van der Waals surface area contributed by atoms with Crippen molar-refractivity contribution in [2.45, 2.75) is 94.7 Å². The zero-order valence-electron chi connectivity index (χ0n) is 32.4. The van der Waals surface area contributed by atoms with Crippen LogP contribution >= 0.6 is 11.8 Å². The number of fused-ring (bicyclic) bond motifs is 12. The number of hydrogen-bond donors (Lipinski definition) is 5. The van der Waals surface area contributed by atoms with E-state index < -0.39 is 23.9 Å². The zero-order valence-corrected chi connectivity index (χ0v) is 33.2. The molecule has 9 rings (SSSR count). The fourth-order valence-electron chi connectivity index (χ4n) is 10.7. The molecule has 1 fully saturated rings. The fourth-order valence-corrected chi connectivity index (χ4v) is 12.4. The van der Waals surface area contributed by atoms with Gasteiger partial charge in [-0.2, -0.15) is 0 Å². The number of H-pyrrole nitrogens is 1. The van der Waals surface area contributed by atoms with Crippen LogP contribution in [0.2, 0.25) is 0 Å². The Morgan fingerprint density at radius 3 is 2.60 bits per heavy atom. The molecule has 12 nitrogen and oxygen atoms in total. The van der Waals surface area contributed by atoms with E-state index in [0.29, 0.717) is 42.3 Å². The molecular formula is C42H50N4O8S. The molecule has 1 saturated heterocycles. The number of nitrogens with zero attached hydrogens (tertiary/aromatic N) is 2. The number of hydrogen-bond acceptors (Lipinski definition) is 12. The summed E-state index contributed by atoms with van der Waals surface area (Å²) in [6.07, 6.45) is 0.260. The monoisotopic (exact) mass is 770 g/mol. The third kappa shape index (κ3) is 5.26. The number of aromatic nitrogens is 1. The van der Waals surface area contributed by atoms with E-state index in [9.17, 15) is 20.1 Å². The number of phenols is 1. The third-order valence-corrected chi connectivity index (χ3v) is 14.8. The number of aliphatic hydroxyl groups is 2. The Bertz CT molecular complexity index is 2230. The van der Waals surface area contributed by atoms with E-state index in [1.807, 2.05) is 14.0 Å². The largest absolute Gasteiger partial charge is 0.504 e.